The molecule has 0 saturated carbocycles. The molecule has 1 aliphatic carbocycles. The molecule has 0 radical (unpaired) electrons. The molecule has 12 rings (SSSR count). The van der Waals surface area contributed by atoms with Gasteiger partial charge >= 0.3 is 0 Å². The van der Waals surface area contributed by atoms with Crippen LogP contribution in [0.2, 0.25) is 0 Å². The van der Waals surface area contributed by atoms with Crippen molar-refractivity contribution in [1.29, 1.82) is 0 Å². The third kappa shape index (κ3) is 7.24. The van der Waals surface area contributed by atoms with Crippen LogP contribution in [0.15, 0.2) is 255 Å². The molecular formula is C65H48N2. The summed E-state index contributed by atoms with van der Waals surface area (Å²) in [5.41, 5.74) is 19.1. The van der Waals surface area contributed by atoms with Gasteiger partial charge in [0, 0.05) is 44.9 Å². The van der Waals surface area contributed by atoms with Crippen LogP contribution in [0.1, 0.15) is 13.3 Å². The van der Waals surface area contributed by atoms with E-state index in [2.05, 4.69) is 271 Å². The fourth-order valence-electron chi connectivity index (χ4n) is 10.4. The van der Waals surface area contributed by atoms with Crippen molar-refractivity contribution in [2.24, 2.45) is 5.92 Å². The van der Waals surface area contributed by atoms with Crippen molar-refractivity contribution >= 4 is 55.3 Å². The van der Waals surface area contributed by atoms with Gasteiger partial charge in [0.15, 0.2) is 0 Å². The number of hydrogen-bond acceptors (Lipinski definition) is 1. The number of anilines is 3. The Labute approximate surface area is 392 Å². The van der Waals surface area contributed by atoms with Crippen molar-refractivity contribution in [3.63, 3.8) is 0 Å². The highest BCUT2D eigenvalue weighted by Gasteiger charge is 2.25. The van der Waals surface area contributed by atoms with Crippen LogP contribution in [0, 0.1) is 5.92 Å². The van der Waals surface area contributed by atoms with Gasteiger partial charge in [0.05, 0.1) is 16.7 Å². The topological polar surface area (TPSA) is 8.17 Å². The van der Waals surface area contributed by atoms with E-state index in [9.17, 15) is 0 Å². The standard InChI is InChI=1S/C65H48N2/c1-45-18-8-13-31-61(45)67-63-33-15-12-29-60(63)64-58(42-43-59(65(64)67)50-21-6-3-7-22-50)52-25-16-26-54(44-52)66(62-32-14-11-28-57(62)49-19-4-2-5-20-49)53-40-38-47(39-41-53)46-34-36-51(37-35-46)56-30-17-24-48-23-9-10-27-55(48)56/h2-17,19-45H,18H2,1H3. The minimum atomic E-state index is 0.374. The van der Waals surface area contributed by atoms with Crippen molar-refractivity contribution in [2.75, 3.05) is 4.90 Å². The molecule has 11 aromatic rings. The number of rotatable bonds is 9. The van der Waals surface area contributed by atoms with Crippen molar-refractivity contribution in [3.8, 4) is 55.6 Å². The molecule has 0 saturated heterocycles. The first-order chi connectivity index (χ1) is 33.2. The predicted octanol–water partition coefficient (Wildman–Crippen LogP) is 18.2. The molecule has 0 amide bonds. The summed E-state index contributed by atoms with van der Waals surface area (Å²) in [7, 11) is 0. The van der Waals surface area contributed by atoms with Crippen molar-refractivity contribution < 1.29 is 0 Å². The molecule has 0 aliphatic heterocycles. The van der Waals surface area contributed by atoms with Gasteiger partial charge in [-0.3, -0.25) is 0 Å². The third-order valence-electron chi connectivity index (χ3n) is 13.6. The Balaban J connectivity index is 1.01. The lowest BCUT2D eigenvalue weighted by Gasteiger charge is -2.28. The average Bonchev–Trinajstić information content (AvgIpc) is 3.74. The largest absolute Gasteiger partial charge is 0.312 e. The fourth-order valence-corrected chi connectivity index (χ4v) is 10.4. The maximum absolute atomic E-state index is 2.55. The number of hydrogen-bond donors (Lipinski definition) is 0. The molecule has 67 heavy (non-hydrogen) atoms. The van der Waals surface area contributed by atoms with Crippen LogP contribution in [0.5, 0.6) is 0 Å². The molecule has 0 fully saturated rings. The highest BCUT2D eigenvalue weighted by Crippen LogP contribution is 2.47. The Kier molecular flexibility index (Phi) is 10.3. The lowest BCUT2D eigenvalue weighted by molar-refractivity contribution is 0.725. The molecule has 2 nitrogen and oxygen atoms in total. The summed E-state index contributed by atoms with van der Waals surface area (Å²) >= 11 is 0. The number of allylic oxidation sites excluding steroid dienone is 4. The van der Waals surface area contributed by atoms with E-state index in [-0.39, 0.29) is 0 Å². The highest BCUT2D eigenvalue weighted by molar-refractivity contribution is 6.20. The molecule has 0 N–H and O–H groups in total. The van der Waals surface area contributed by atoms with Crippen LogP contribution < -0.4 is 4.90 Å². The summed E-state index contributed by atoms with van der Waals surface area (Å²) in [5.74, 6) is 0.374. The lowest BCUT2D eigenvalue weighted by Crippen LogP contribution is -2.11. The van der Waals surface area contributed by atoms with E-state index in [1.165, 1.54) is 93.9 Å². The molecule has 1 aliphatic rings. The molecule has 1 unspecified atom stereocenters. The number of fused-ring (bicyclic) bond motifs is 4. The molecule has 318 valence electrons. The third-order valence-corrected chi connectivity index (χ3v) is 13.6. The second-order valence-electron chi connectivity index (χ2n) is 17.7. The van der Waals surface area contributed by atoms with Crippen LogP contribution in [0.3, 0.4) is 0 Å². The molecule has 1 aromatic heterocycles. The predicted molar refractivity (Wildman–Crippen MR) is 286 cm³/mol. The molecule has 1 atom stereocenters. The summed E-state index contributed by atoms with van der Waals surface area (Å²) in [6, 6.07) is 86.5. The van der Waals surface area contributed by atoms with Gasteiger partial charge in [-0.1, -0.05) is 219 Å². The first-order valence-corrected chi connectivity index (χ1v) is 23.4. The van der Waals surface area contributed by atoms with E-state index < -0.39 is 0 Å². The van der Waals surface area contributed by atoms with Gasteiger partial charge in [-0.15, -0.1) is 0 Å². The van der Waals surface area contributed by atoms with E-state index in [1.54, 1.807) is 0 Å². The SMILES string of the molecule is CC1CC=CC=C1n1c2ccccc2c2c(-c3cccc(N(c4ccc(-c5ccc(-c6cccc7ccccc67)cc5)cc4)c4ccccc4-c4ccccc4)c3)ccc(-c3ccccc3)c21. The van der Waals surface area contributed by atoms with Crippen LogP contribution >= 0.6 is 0 Å². The summed E-state index contributed by atoms with van der Waals surface area (Å²) < 4.78 is 2.55. The number of benzene rings is 10. The Morgan fingerprint density at radius 3 is 1.76 bits per heavy atom. The lowest BCUT2D eigenvalue weighted by atomic mass is 9.93. The second kappa shape index (κ2) is 17.2. The summed E-state index contributed by atoms with van der Waals surface area (Å²) in [5, 5.41) is 5.05. The summed E-state index contributed by atoms with van der Waals surface area (Å²) in [6.07, 6.45) is 7.85. The van der Waals surface area contributed by atoms with Gasteiger partial charge < -0.3 is 9.47 Å². The first kappa shape index (κ1) is 40.1. The maximum atomic E-state index is 2.55. The zero-order valence-electron chi connectivity index (χ0n) is 37.4. The van der Waals surface area contributed by atoms with E-state index in [0.717, 1.165) is 23.5 Å². The number of aromatic nitrogens is 1. The van der Waals surface area contributed by atoms with Crippen molar-refractivity contribution in [1.82, 2.24) is 4.57 Å². The quantitative estimate of drug-likeness (QED) is 0.140. The Morgan fingerprint density at radius 1 is 0.418 bits per heavy atom. The van der Waals surface area contributed by atoms with Gasteiger partial charge in [0.1, 0.15) is 0 Å². The van der Waals surface area contributed by atoms with Crippen LogP contribution in [-0.4, -0.2) is 4.57 Å². The van der Waals surface area contributed by atoms with Crippen LogP contribution in [0.25, 0.3) is 93.9 Å². The van der Waals surface area contributed by atoms with Crippen LogP contribution in [0.4, 0.5) is 17.1 Å². The Bertz CT molecular complexity index is 3650. The number of para-hydroxylation sites is 2. The minimum absolute atomic E-state index is 0.374. The first-order valence-electron chi connectivity index (χ1n) is 23.4. The van der Waals surface area contributed by atoms with Crippen molar-refractivity contribution in [3.05, 3.63) is 255 Å². The van der Waals surface area contributed by atoms with Crippen LogP contribution in [-0.2, 0) is 0 Å². The van der Waals surface area contributed by atoms with E-state index in [0.29, 0.717) is 5.92 Å². The van der Waals surface area contributed by atoms with Crippen molar-refractivity contribution in [2.45, 2.75) is 13.3 Å². The zero-order valence-corrected chi connectivity index (χ0v) is 37.4. The molecular weight excluding hydrogens is 809 g/mol. The van der Waals surface area contributed by atoms with Gasteiger partial charge in [-0.25, -0.2) is 0 Å². The molecule has 0 spiro atoms. The smallest absolute Gasteiger partial charge is 0.0622 e. The van der Waals surface area contributed by atoms with Gasteiger partial charge in [-0.05, 0) is 104 Å². The van der Waals surface area contributed by atoms with E-state index in [4.69, 9.17) is 0 Å². The molecule has 10 aromatic carbocycles. The summed E-state index contributed by atoms with van der Waals surface area (Å²) in [6.45, 7) is 2.35. The minimum Gasteiger partial charge on any atom is -0.312 e. The number of nitrogens with zero attached hydrogens (tertiary/aromatic N) is 2. The van der Waals surface area contributed by atoms with Gasteiger partial charge in [-0.2, -0.15) is 0 Å². The van der Waals surface area contributed by atoms with Gasteiger partial charge in [0.25, 0.3) is 0 Å². The van der Waals surface area contributed by atoms with E-state index in [1.807, 2.05) is 0 Å². The Morgan fingerprint density at radius 2 is 0.985 bits per heavy atom. The zero-order chi connectivity index (χ0) is 44.7. The molecule has 1 heterocycles. The monoisotopic (exact) mass is 856 g/mol. The summed E-state index contributed by atoms with van der Waals surface area (Å²) in [4.78, 5) is 2.43. The second-order valence-corrected chi connectivity index (χ2v) is 17.7. The maximum Gasteiger partial charge on any atom is 0.0622 e. The molecule has 2 heteroatoms. The van der Waals surface area contributed by atoms with Gasteiger partial charge in [0.2, 0.25) is 0 Å². The average molecular weight is 857 g/mol. The highest BCUT2D eigenvalue weighted by atomic mass is 15.1. The fraction of sp³-hybridized carbons (Fsp3) is 0.0462. The molecule has 0 bridgehead atoms. The normalized spacial score (nSPS) is 13.6. The Hall–Kier alpha value is -8.46. The van der Waals surface area contributed by atoms with E-state index >= 15 is 0 Å².